The van der Waals surface area contributed by atoms with Crippen molar-refractivity contribution < 1.29 is 13.9 Å². The quantitative estimate of drug-likeness (QED) is 0.809. The van der Waals surface area contributed by atoms with E-state index < -0.39 is 0 Å². The van der Waals surface area contributed by atoms with Gasteiger partial charge in [0.15, 0.2) is 0 Å². The van der Waals surface area contributed by atoms with Gasteiger partial charge in [-0.1, -0.05) is 18.2 Å². The van der Waals surface area contributed by atoms with E-state index in [0.29, 0.717) is 13.0 Å². The summed E-state index contributed by atoms with van der Waals surface area (Å²) in [7, 11) is 0. The van der Waals surface area contributed by atoms with E-state index in [-0.39, 0.29) is 22.6 Å². The Morgan fingerprint density at radius 2 is 2.08 bits per heavy atom. The number of hydrogen-bond donors (Lipinski definition) is 0. The lowest BCUT2D eigenvalue weighted by atomic mass is 9.92. The Bertz CT molecular complexity index is 763. The van der Waals surface area contributed by atoms with Crippen LogP contribution >= 0.6 is 11.8 Å². The third-order valence-electron chi connectivity index (χ3n) is 4.95. The van der Waals surface area contributed by atoms with Crippen LogP contribution in [0.3, 0.4) is 0 Å². The lowest BCUT2D eigenvalue weighted by molar-refractivity contribution is -0.136. The summed E-state index contributed by atoms with van der Waals surface area (Å²) in [5, 5.41) is 0. The van der Waals surface area contributed by atoms with Crippen LogP contribution in [0.4, 0.5) is 4.39 Å². The number of hydrogen-bond acceptors (Lipinski definition) is 4. The third-order valence-corrected chi connectivity index (χ3v) is 6.52. The van der Waals surface area contributed by atoms with Gasteiger partial charge < -0.3 is 9.64 Å². The summed E-state index contributed by atoms with van der Waals surface area (Å²) in [5.41, 5.74) is 1.80. The van der Waals surface area contributed by atoms with Gasteiger partial charge in [0.2, 0.25) is 5.91 Å². The Balaban J connectivity index is 1.23. The SMILES string of the molecule is O=C(Cc1ccc(F)cc1)N1CC2(CC(OCc3ccccn3)CS2)C1. The number of benzene rings is 1. The maximum atomic E-state index is 13.0. The van der Waals surface area contributed by atoms with Crippen LogP contribution < -0.4 is 0 Å². The number of rotatable bonds is 5. The summed E-state index contributed by atoms with van der Waals surface area (Å²) < 4.78 is 19.1. The van der Waals surface area contributed by atoms with E-state index in [2.05, 4.69) is 4.98 Å². The summed E-state index contributed by atoms with van der Waals surface area (Å²) in [5.74, 6) is 0.802. The highest BCUT2D eigenvalue weighted by Gasteiger charge is 2.50. The van der Waals surface area contributed by atoms with Crippen molar-refractivity contribution in [3.05, 3.63) is 65.7 Å². The second kappa shape index (κ2) is 7.37. The lowest BCUT2D eigenvalue weighted by Crippen LogP contribution is -2.61. The second-order valence-electron chi connectivity index (χ2n) is 7.01. The molecule has 1 amide bonds. The maximum absolute atomic E-state index is 13.0. The van der Waals surface area contributed by atoms with Gasteiger partial charge in [-0.25, -0.2) is 4.39 Å². The number of likely N-dealkylation sites (tertiary alicyclic amines) is 1. The highest BCUT2D eigenvalue weighted by Crippen LogP contribution is 2.46. The molecule has 2 aliphatic heterocycles. The number of nitrogens with zero attached hydrogens (tertiary/aromatic N) is 2. The van der Waals surface area contributed by atoms with Crippen molar-refractivity contribution in [2.24, 2.45) is 0 Å². The summed E-state index contributed by atoms with van der Waals surface area (Å²) in [6.45, 7) is 2.09. The van der Waals surface area contributed by atoms with Crippen LogP contribution in [-0.4, -0.2) is 45.5 Å². The molecule has 2 aliphatic rings. The molecule has 2 aromatic rings. The first-order valence-corrected chi connectivity index (χ1v) is 9.78. The van der Waals surface area contributed by atoms with Gasteiger partial charge in [0.05, 0.1) is 29.6 Å². The van der Waals surface area contributed by atoms with Crippen molar-refractivity contribution in [1.29, 1.82) is 0 Å². The summed E-state index contributed by atoms with van der Waals surface area (Å²) >= 11 is 1.92. The Hall–Kier alpha value is -1.92. The Kier molecular flexibility index (Phi) is 4.96. The number of carbonyl (C=O) groups excluding carboxylic acids is 1. The van der Waals surface area contributed by atoms with E-state index in [9.17, 15) is 9.18 Å². The van der Waals surface area contributed by atoms with E-state index in [4.69, 9.17) is 4.74 Å². The molecule has 3 heterocycles. The Morgan fingerprint density at radius 3 is 2.81 bits per heavy atom. The number of ether oxygens (including phenoxy) is 1. The number of aromatic nitrogens is 1. The van der Waals surface area contributed by atoms with Gasteiger partial charge in [-0.05, 0) is 36.2 Å². The first-order chi connectivity index (χ1) is 12.6. The van der Waals surface area contributed by atoms with Crippen LogP contribution in [0.15, 0.2) is 48.7 Å². The minimum Gasteiger partial charge on any atom is -0.371 e. The van der Waals surface area contributed by atoms with Gasteiger partial charge in [-0.3, -0.25) is 9.78 Å². The highest BCUT2D eigenvalue weighted by atomic mass is 32.2. The number of amides is 1. The summed E-state index contributed by atoms with van der Waals surface area (Å²) in [6.07, 6.45) is 3.31. The lowest BCUT2D eigenvalue weighted by Gasteiger charge is -2.47. The molecule has 6 heteroatoms. The number of carbonyl (C=O) groups is 1. The normalized spacial score (nSPS) is 21.0. The standard InChI is InChI=1S/C20H21FN2O2S/c21-16-6-4-15(5-7-16)9-19(24)23-13-20(14-23)10-18(12-26-20)25-11-17-3-1-2-8-22-17/h1-8,18H,9-14H2. The van der Waals surface area contributed by atoms with Crippen molar-refractivity contribution in [1.82, 2.24) is 9.88 Å². The molecule has 0 bridgehead atoms. The fourth-order valence-electron chi connectivity index (χ4n) is 3.53. The average Bonchev–Trinajstić information content (AvgIpc) is 3.06. The fraction of sp³-hybridized carbons (Fsp3) is 0.400. The van der Waals surface area contributed by atoms with Gasteiger partial charge >= 0.3 is 0 Å². The molecule has 0 saturated carbocycles. The average molecular weight is 372 g/mol. The van der Waals surface area contributed by atoms with E-state index in [1.54, 1.807) is 18.3 Å². The molecular weight excluding hydrogens is 351 g/mol. The molecule has 2 saturated heterocycles. The molecule has 136 valence electrons. The summed E-state index contributed by atoms with van der Waals surface area (Å²) in [4.78, 5) is 18.6. The Labute approximate surface area is 156 Å². The number of pyridine rings is 1. The zero-order valence-corrected chi connectivity index (χ0v) is 15.3. The minimum absolute atomic E-state index is 0.112. The highest BCUT2D eigenvalue weighted by molar-refractivity contribution is 8.01. The van der Waals surface area contributed by atoms with Gasteiger partial charge in [-0.2, -0.15) is 0 Å². The van der Waals surface area contributed by atoms with Crippen molar-refractivity contribution in [3.8, 4) is 0 Å². The molecule has 1 spiro atoms. The monoisotopic (exact) mass is 372 g/mol. The molecule has 1 aromatic heterocycles. The zero-order chi connectivity index (χ0) is 18.0. The summed E-state index contributed by atoms with van der Waals surface area (Å²) in [6, 6.07) is 12.0. The Morgan fingerprint density at radius 1 is 1.27 bits per heavy atom. The van der Waals surface area contributed by atoms with E-state index in [0.717, 1.165) is 36.5 Å². The molecule has 1 unspecified atom stereocenters. The van der Waals surface area contributed by atoms with Crippen molar-refractivity contribution in [3.63, 3.8) is 0 Å². The van der Waals surface area contributed by atoms with E-state index in [1.807, 2.05) is 34.9 Å². The minimum atomic E-state index is -0.275. The van der Waals surface area contributed by atoms with Crippen molar-refractivity contribution in [2.75, 3.05) is 18.8 Å². The smallest absolute Gasteiger partial charge is 0.227 e. The molecule has 2 fully saturated rings. The van der Waals surface area contributed by atoms with Gasteiger partial charge in [0.25, 0.3) is 0 Å². The molecule has 0 N–H and O–H groups in total. The van der Waals surface area contributed by atoms with Crippen LogP contribution in [0.25, 0.3) is 0 Å². The number of thioether (sulfide) groups is 1. The first-order valence-electron chi connectivity index (χ1n) is 8.80. The fourth-order valence-corrected chi connectivity index (χ4v) is 5.08. The van der Waals surface area contributed by atoms with Gasteiger partial charge in [-0.15, -0.1) is 11.8 Å². The van der Waals surface area contributed by atoms with Crippen LogP contribution in [0.5, 0.6) is 0 Å². The van der Waals surface area contributed by atoms with Gasteiger partial charge in [0.1, 0.15) is 5.82 Å². The second-order valence-corrected chi connectivity index (χ2v) is 8.49. The van der Waals surface area contributed by atoms with Crippen LogP contribution in [-0.2, 0) is 22.6 Å². The van der Waals surface area contributed by atoms with Crippen LogP contribution in [0.2, 0.25) is 0 Å². The molecule has 4 nitrogen and oxygen atoms in total. The van der Waals surface area contributed by atoms with Crippen LogP contribution in [0, 0.1) is 5.82 Å². The predicted octanol–water partition coefficient (Wildman–Crippen LogP) is 3.07. The predicted molar refractivity (Wildman–Crippen MR) is 99.3 cm³/mol. The van der Waals surface area contributed by atoms with Crippen molar-refractivity contribution >= 4 is 17.7 Å². The molecule has 1 atom stereocenters. The molecule has 1 aromatic carbocycles. The van der Waals surface area contributed by atoms with E-state index in [1.165, 1.54) is 12.1 Å². The number of halogens is 1. The largest absolute Gasteiger partial charge is 0.371 e. The van der Waals surface area contributed by atoms with Gasteiger partial charge in [0, 0.05) is 25.0 Å². The molecule has 0 aliphatic carbocycles. The third kappa shape index (κ3) is 3.91. The zero-order valence-electron chi connectivity index (χ0n) is 14.4. The molecule has 0 radical (unpaired) electrons. The van der Waals surface area contributed by atoms with Crippen molar-refractivity contribution in [2.45, 2.75) is 30.3 Å². The molecule has 26 heavy (non-hydrogen) atoms. The maximum Gasteiger partial charge on any atom is 0.227 e. The molecule has 4 rings (SSSR count). The topological polar surface area (TPSA) is 42.4 Å². The first kappa shape index (κ1) is 17.5. The van der Waals surface area contributed by atoms with E-state index >= 15 is 0 Å². The van der Waals surface area contributed by atoms with Crippen LogP contribution in [0.1, 0.15) is 17.7 Å². The molecular formula is C20H21FN2O2S.